The van der Waals surface area contributed by atoms with E-state index in [-0.39, 0.29) is 31.1 Å². The number of piperazine rings is 1. The SMILES string of the molecule is CCCc1ccc(S(=O)(=O)N2CCN(CC(F)(F)F)CC2)cc1. The lowest BCUT2D eigenvalue weighted by Crippen LogP contribution is -2.50. The fraction of sp³-hybridized carbons (Fsp3) is 0.600. The zero-order valence-corrected chi connectivity index (χ0v) is 13.8. The van der Waals surface area contributed by atoms with E-state index in [0.717, 1.165) is 18.4 Å². The third-order valence-corrected chi connectivity index (χ3v) is 5.75. The predicted octanol–water partition coefficient (Wildman–Crippen LogP) is 2.51. The molecule has 0 bridgehead atoms. The first kappa shape index (κ1) is 18.2. The van der Waals surface area contributed by atoms with E-state index in [1.165, 1.54) is 9.21 Å². The number of hydrogen-bond acceptors (Lipinski definition) is 3. The van der Waals surface area contributed by atoms with Crippen molar-refractivity contribution >= 4 is 10.0 Å². The largest absolute Gasteiger partial charge is 0.401 e. The molecule has 1 aliphatic rings. The van der Waals surface area contributed by atoms with Crippen molar-refractivity contribution in [1.29, 1.82) is 0 Å². The summed E-state index contributed by atoms with van der Waals surface area (Å²) in [6.45, 7) is 1.39. The Morgan fingerprint density at radius 3 is 2.09 bits per heavy atom. The summed E-state index contributed by atoms with van der Waals surface area (Å²) in [6, 6.07) is 6.72. The minimum atomic E-state index is -4.25. The molecule has 0 atom stereocenters. The summed E-state index contributed by atoms with van der Waals surface area (Å²) in [7, 11) is -3.64. The van der Waals surface area contributed by atoms with Gasteiger partial charge in [-0.25, -0.2) is 8.42 Å². The van der Waals surface area contributed by atoms with Gasteiger partial charge in [0.05, 0.1) is 11.4 Å². The Hall–Kier alpha value is -1.12. The van der Waals surface area contributed by atoms with Crippen molar-refractivity contribution in [2.45, 2.75) is 30.8 Å². The molecule has 1 fully saturated rings. The van der Waals surface area contributed by atoms with Gasteiger partial charge in [-0.3, -0.25) is 4.90 Å². The summed E-state index contributed by atoms with van der Waals surface area (Å²) >= 11 is 0. The second kappa shape index (κ2) is 7.19. The highest BCUT2D eigenvalue weighted by molar-refractivity contribution is 7.89. The van der Waals surface area contributed by atoms with Crippen LogP contribution in [0.2, 0.25) is 0 Å². The van der Waals surface area contributed by atoms with E-state index in [4.69, 9.17) is 0 Å². The molecular weight excluding hydrogens is 329 g/mol. The van der Waals surface area contributed by atoms with Crippen LogP contribution in [-0.2, 0) is 16.4 Å². The number of sulfonamides is 1. The average Bonchev–Trinajstić information content (AvgIpc) is 2.47. The number of rotatable bonds is 5. The number of alkyl halides is 3. The standard InChI is InChI=1S/C15H21F3N2O2S/c1-2-3-13-4-6-14(7-5-13)23(21,22)20-10-8-19(9-11-20)12-15(16,17)18/h4-7H,2-3,8-12H2,1H3. The maximum Gasteiger partial charge on any atom is 0.401 e. The van der Waals surface area contributed by atoms with Crippen LogP contribution in [0.25, 0.3) is 0 Å². The molecule has 130 valence electrons. The predicted molar refractivity (Wildman–Crippen MR) is 81.7 cm³/mol. The Morgan fingerprint density at radius 1 is 1.04 bits per heavy atom. The summed E-state index contributed by atoms with van der Waals surface area (Å²) in [5, 5.41) is 0. The van der Waals surface area contributed by atoms with Gasteiger partial charge in [-0.1, -0.05) is 25.5 Å². The van der Waals surface area contributed by atoms with E-state index >= 15 is 0 Å². The molecule has 0 radical (unpaired) electrons. The van der Waals surface area contributed by atoms with Gasteiger partial charge < -0.3 is 0 Å². The Labute approximate surface area is 134 Å². The van der Waals surface area contributed by atoms with Gasteiger partial charge in [-0.15, -0.1) is 0 Å². The fourth-order valence-electron chi connectivity index (χ4n) is 2.65. The molecule has 4 nitrogen and oxygen atoms in total. The highest BCUT2D eigenvalue weighted by Gasteiger charge is 2.34. The average molecular weight is 350 g/mol. The summed E-state index contributed by atoms with van der Waals surface area (Å²) in [4.78, 5) is 1.43. The first-order chi connectivity index (χ1) is 10.7. The molecule has 1 aromatic rings. The van der Waals surface area contributed by atoms with Crippen molar-refractivity contribution < 1.29 is 21.6 Å². The van der Waals surface area contributed by atoms with Gasteiger partial charge in [-0.05, 0) is 24.1 Å². The molecule has 1 aromatic carbocycles. The lowest BCUT2D eigenvalue weighted by Gasteiger charge is -2.34. The molecule has 0 spiro atoms. The van der Waals surface area contributed by atoms with Crippen LogP contribution in [0, 0.1) is 0 Å². The lowest BCUT2D eigenvalue weighted by molar-refractivity contribution is -0.148. The Bertz CT molecular complexity index is 607. The molecule has 0 N–H and O–H groups in total. The molecule has 2 rings (SSSR count). The van der Waals surface area contributed by atoms with E-state index < -0.39 is 22.7 Å². The molecule has 8 heteroatoms. The molecule has 0 unspecified atom stereocenters. The van der Waals surface area contributed by atoms with Crippen molar-refractivity contribution in [3.05, 3.63) is 29.8 Å². The van der Waals surface area contributed by atoms with Gasteiger partial charge in [0.1, 0.15) is 0 Å². The maximum absolute atomic E-state index is 12.5. The molecule has 0 aliphatic carbocycles. The van der Waals surface area contributed by atoms with Crippen molar-refractivity contribution in [3.8, 4) is 0 Å². The van der Waals surface area contributed by atoms with Crippen LogP contribution < -0.4 is 0 Å². The van der Waals surface area contributed by atoms with Gasteiger partial charge in [0.2, 0.25) is 10.0 Å². The lowest BCUT2D eigenvalue weighted by atomic mass is 10.1. The molecule has 1 saturated heterocycles. The van der Waals surface area contributed by atoms with Crippen LogP contribution in [0.4, 0.5) is 13.2 Å². The van der Waals surface area contributed by atoms with Crippen molar-refractivity contribution in [2.75, 3.05) is 32.7 Å². The van der Waals surface area contributed by atoms with Crippen molar-refractivity contribution in [2.24, 2.45) is 0 Å². The normalized spacial score (nSPS) is 18.3. The van der Waals surface area contributed by atoms with E-state index in [2.05, 4.69) is 0 Å². The minimum absolute atomic E-state index is 0.0785. The maximum atomic E-state index is 12.5. The first-order valence-corrected chi connectivity index (χ1v) is 9.04. The van der Waals surface area contributed by atoms with Gasteiger partial charge >= 0.3 is 6.18 Å². The van der Waals surface area contributed by atoms with Crippen LogP contribution in [0.1, 0.15) is 18.9 Å². The quantitative estimate of drug-likeness (QED) is 0.819. The summed E-state index contributed by atoms with van der Waals surface area (Å²) in [6.07, 6.45) is -2.39. The topological polar surface area (TPSA) is 40.6 Å². The molecule has 1 heterocycles. The van der Waals surface area contributed by atoms with E-state index in [1.807, 2.05) is 6.92 Å². The molecule has 1 aliphatic heterocycles. The number of hydrogen-bond donors (Lipinski definition) is 0. The zero-order valence-electron chi connectivity index (χ0n) is 13.0. The molecule has 0 aromatic heterocycles. The second-order valence-electron chi connectivity index (χ2n) is 5.69. The van der Waals surface area contributed by atoms with E-state index in [9.17, 15) is 21.6 Å². The van der Waals surface area contributed by atoms with Crippen LogP contribution in [0.3, 0.4) is 0 Å². The summed E-state index contributed by atoms with van der Waals surface area (Å²) < 4.78 is 63.4. The third-order valence-electron chi connectivity index (χ3n) is 3.83. The molecule has 0 saturated carbocycles. The highest BCUT2D eigenvalue weighted by Crippen LogP contribution is 2.21. The monoisotopic (exact) mass is 350 g/mol. The minimum Gasteiger partial charge on any atom is -0.292 e. The molecule has 23 heavy (non-hydrogen) atoms. The Kier molecular flexibility index (Phi) is 5.70. The van der Waals surface area contributed by atoms with Gasteiger partial charge in [0.25, 0.3) is 0 Å². The Balaban J connectivity index is 2.01. The van der Waals surface area contributed by atoms with Crippen molar-refractivity contribution in [1.82, 2.24) is 9.21 Å². The third kappa shape index (κ3) is 4.92. The van der Waals surface area contributed by atoms with Gasteiger partial charge in [0, 0.05) is 26.2 Å². The first-order valence-electron chi connectivity index (χ1n) is 7.60. The van der Waals surface area contributed by atoms with Crippen LogP contribution in [-0.4, -0.2) is 56.5 Å². The summed E-state index contributed by atoms with van der Waals surface area (Å²) in [5.74, 6) is 0. The van der Waals surface area contributed by atoms with E-state index in [0.29, 0.717) is 0 Å². The zero-order chi connectivity index (χ0) is 17.1. The number of halogens is 3. The Morgan fingerprint density at radius 2 is 1.61 bits per heavy atom. The highest BCUT2D eigenvalue weighted by atomic mass is 32.2. The fourth-order valence-corrected chi connectivity index (χ4v) is 4.07. The summed E-state index contributed by atoms with van der Waals surface area (Å²) in [5.41, 5.74) is 1.07. The van der Waals surface area contributed by atoms with Crippen LogP contribution in [0.15, 0.2) is 29.2 Å². The van der Waals surface area contributed by atoms with E-state index in [1.54, 1.807) is 24.3 Å². The number of nitrogens with zero attached hydrogens (tertiary/aromatic N) is 2. The van der Waals surface area contributed by atoms with Gasteiger partial charge in [0.15, 0.2) is 0 Å². The number of benzene rings is 1. The van der Waals surface area contributed by atoms with Crippen LogP contribution >= 0.6 is 0 Å². The number of aryl methyl sites for hydroxylation is 1. The molecular formula is C15H21F3N2O2S. The van der Waals surface area contributed by atoms with Gasteiger partial charge in [-0.2, -0.15) is 17.5 Å². The van der Waals surface area contributed by atoms with Crippen molar-refractivity contribution in [3.63, 3.8) is 0 Å². The van der Waals surface area contributed by atoms with Crippen LogP contribution in [0.5, 0.6) is 0 Å². The second-order valence-corrected chi connectivity index (χ2v) is 7.63. The molecule has 0 amide bonds. The smallest absolute Gasteiger partial charge is 0.292 e.